The average Bonchev–Trinajstić information content (AvgIpc) is 2.05. The molecule has 0 aromatic heterocycles. The fourth-order valence-electron chi connectivity index (χ4n) is 1.01. The fraction of sp³-hybridized carbons (Fsp3) is 1.00. The Bertz CT molecular complexity index is 111. The van der Waals surface area contributed by atoms with Gasteiger partial charge in [0, 0.05) is 5.88 Å². The van der Waals surface area contributed by atoms with Crippen molar-refractivity contribution in [2.75, 3.05) is 5.88 Å². The van der Waals surface area contributed by atoms with Gasteiger partial charge >= 0.3 is 0 Å². The van der Waals surface area contributed by atoms with Crippen LogP contribution in [0.4, 0.5) is 0 Å². The lowest BCUT2D eigenvalue weighted by Crippen LogP contribution is -2.02. The topological polar surface area (TPSA) is 38.7 Å². The van der Waals surface area contributed by atoms with Crippen LogP contribution >= 0.6 is 11.6 Å². The molecule has 0 heterocycles. The minimum atomic E-state index is -0.0431. The van der Waals surface area contributed by atoms with E-state index >= 15 is 0 Å². The minimum Gasteiger partial charge on any atom is -0.361 e. The van der Waals surface area contributed by atoms with Gasteiger partial charge in [0.25, 0.3) is 0 Å². The highest BCUT2D eigenvalue weighted by molar-refractivity contribution is 6.17. The summed E-state index contributed by atoms with van der Waals surface area (Å²) in [7, 11) is 0. The summed E-state index contributed by atoms with van der Waals surface area (Å²) in [6, 6.07) is 0. The smallest absolute Gasteiger partial charge is 0.155 e. The Morgan fingerprint density at radius 2 is 2.00 bits per heavy atom. The van der Waals surface area contributed by atoms with E-state index in [1.54, 1.807) is 0 Å². The molecule has 0 amide bonds. The summed E-state index contributed by atoms with van der Waals surface area (Å²) in [5, 5.41) is 2.38. The van der Waals surface area contributed by atoms with Gasteiger partial charge in [-0.2, -0.15) is 0 Å². The van der Waals surface area contributed by atoms with E-state index in [9.17, 15) is 4.91 Å². The van der Waals surface area contributed by atoms with Crippen molar-refractivity contribution in [3.05, 3.63) is 4.91 Å². The van der Waals surface area contributed by atoms with Crippen LogP contribution < -0.4 is 0 Å². The molecule has 0 saturated heterocycles. The van der Waals surface area contributed by atoms with Gasteiger partial charge in [0.1, 0.15) is 6.10 Å². The zero-order chi connectivity index (χ0) is 9.23. The van der Waals surface area contributed by atoms with Crippen LogP contribution in [0.1, 0.15) is 39.0 Å². The van der Waals surface area contributed by atoms with E-state index in [2.05, 4.69) is 10.2 Å². The van der Waals surface area contributed by atoms with E-state index in [0.29, 0.717) is 0 Å². The molecule has 1 atom stereocenters. The van der Waals surface area contributed by atoms with Crippen LogP contribution in [-0.2, 0) is 4.84 Å². The lowest BCUT2D eigenvalue weighted by molar-refractivity contribution is 0.0607. The molecule has 0 aliphatic heterocycles. The molecule has 0 N–H and O–H groups in total. The second kappa shape index (κ2) is 8.78. The van der Waals surface area contributed by atoms with Gasteiger partial charge in [0.05, 0.1) is 0 Å². The van der Waals surface area contributed by atoms with Crippen molar-refractivity contribution in [2.24, 2.45) is 5.34 Å². The maximum absolute atomic E-state index is 9.66. The molecule has 0 aromatic carbocycles. The summed E-state index contributed by atoms with van der Waals surface area (Å²) in [5.41, 5.74) is 0. The molecule has 72 valence electrons. The molecule has 0 spiro atoms. The molecule has 4 heteroatoms. The third kappa shape index (κ3) is 7.79. The Morgan fingerprint density at radius 3 is 2.58 bits per heavy atom. The van der Waals surface area contributed by atoms with Crippen molar-refractivity contribution in [3.63, 3.8) is 0 Å². The zero-order valence-corrected chi connectivity index (χ0v) is 8.22. The number of hydrogen-bond acceptors (Lipinski definition) is 3. The summed E-state index contributed by atoms with van der Waals surface area (Å²) < 4.78 is 0. The highest BCUT2D eigenvalue weighted by Crippen LogP contribution is 2.08. The third-order valence-corrected chi connectivity index (χ3v) is 1.98. The van der Waals surface area contributed by atoms with Crippen molar-refractivity contribution in [1.82, 2.24) is 0 Å². The van der Waals surface area contributed by atoms with E-state index in [1.165, 1.54) is 0 Å². The number of hydrogen-bond donors (Lipinski definition) is 0. The summed E-state index contributed by atoms with van der Waals surface area (Å²) in [4.78, 5) is 14.2. The van der Waals surface area contributed by atoms with Crippen LogP contribution in [-0.4, -0.2) is 12.0 Å². The van der Waals surface area contributed by atoms with Crippen LogP contribution in [0.2, 0.25) is 0 Å². The van der Waals surface area contributed by atoms with Crippen molar-refractivity contribution < 1.29 is 4.84 Å². The lowest BCUT2D eigenvalue weighted by Gasteiger charge is -2.05. The van der Waals surface area contributed by atoms with Gasteiger partial charge in [-0.25, -0.2) is 0 Å². The monoisotopic (exact) mass is 193 g/mol. The molecule has 0 saturated carbocycles. The van der Waals surface area contributed by atoms with Gasteiger partial charge in [0.15, 0.2) is 5.34 Å². The maximum Gasteiger partial charge on any atom is 0.155 e. The molecule has 0 radical (unpaired) electrons. The van der Waals surface area contributed by atoms with Gasteiger partial charge in [0.2, 0.25) is 0 Å². The molecule has 12 heavy (non-hydrogen) atoms. The average molecular weight is 194 g/mol. The third-order valence-electron chi connectivity index (χ3n) is 1.72. The van der Waals surface area contributed by atoms with Crippen molar-refractivity contribution in [1.29, 1.82) is 0 Å². The van der Waals surface area contributed by atoms with E-state index in [4.69, 9.17) is 11.6 Å². The molecule has 1 unspecified atom stereocenters. The first-order chi connectivity index (χ1) is 5.81. The molecule has 0 bridgehead atoms. The maximum atomic E-state index is 9.66. The second-order valence-corrected chi connectivity index (χ2v) is 3.26. The molecule has 0 rings (SSSR count). The summed E-state index contributed by atoms with van der Waals surface area (Å²) in [6.45, 7) is 1.85. The Balaban J connectivity index is 3.02. The van der Waals surface area contributed by atoms with Crippen LogP contribution in [0.15, 0.2) is 5.34 Å². The number of nitrogens with zero attached hydrogens (tertiary/aromatic N) is 1. The lowest BCUT2D eigenvalue weighted by atomic mass is 10.1. The first-order valence-corrected chi connectivity index (χ1v) is 4.89. The van der Waals surface area contributed by atoms with E-state index in [-0.39, 0.29) is 6.10 Å². The number of alkyl halides is 1. The van der Waals surface area contributed by atoms with Crippen molar-refractivity contribution in [3.8, 4) is 0 Å². The predicted octanol–water partition coefficient (Wildman–Crippen LogP) is 3.26. The standard InChI is InChI=1S/C8H16ClNO2/c1-8(12-10-11)6-4-2-3-5-7-9/h8H,2-7H2,1H3. The van der Waals surface area contributed by atoms with Crippen LogP contribution in [0.3, 0.4) is 0 Å². The Morgan fingerprint density at radius 1 is 1.33 bits per heavy atom. The van der Waals surface area contributed by atoms with Crippen LogP contribution in [0, 0.1) is 4.91 Å². The first kappa shape index (κ1) is 11.7. The van der Waals surface area contributed by atoms with Crippen molar-refractivity contribution in [2.45, 2.75) is 45.1 Å². The van der Waals surface area contributed by atoms with Crippen LogP contribution in [0.5, 0.6) is 0 Å². The largest absolute Gasteiger partial charge is 0.361 e. The van der Waals surface area contributed by atoms with Gasteiger partial charge in [-0.15, -0.1) is 16.5 Å². The molecule has 3 nitrogen and oxygen atoms in total. The number of unbranched alkanes of at least 4 members (excludes halogenated alkanes) is 3. The van der Waals surface area contributed by atoms with Crippen LogP contribution in [0.25, 0.3) is 0 Å². The molecule has 0 aromatic rings. The second-order valence-electron chi connectivity index (χ2n) is 2.88. The summed E-state index contributed by atoms with van der Waals surface area (Å²) >= 11 is 5.51. The summed E-state index contributed by atoms with van der Waals surface area (Å²) in [5.74, 6) is 0.738. The Labute approximate surface area is 78.4 Å². The van der Waals surface area contributed by atoms with Gasteiger partial charge in [-0.1, -0.05) is 12.8 Å². The fourth-order valence-corrected chi connectivity index (χ4v) is 1.19. The van der Waals surface area contributed by atoms with Gasteiger partial charge in [-0.05, 0) is 26.2 Å². The quantitative estimate of drug-likeness (QED) is 0.257. The summed E-state index contributed by atoms with van der Waals surface area (Å²) in [6.07, 6.45) is 5.31. The highest BCUT2D eigenvalue weighted by Gasteiger charge is 2.01. The van der Waals surface area contributed by atoms with E-state index in [1.807, 2.05) is 6.92 Å². The molecule has 0 aliphatic carbocycles. The number of rotatable bonds is 8. The molecular formula is C8H16ClNO2. The zero-order valence-electron chi connectivity index (χ0n) is 7.46. The minimum absolute atomic E-state index is 0.0431. The normalized spacial score (nSPS) is 12.5. The van der Waals surface area contributed by atoms with Gasteiger partial charge in [-0.3, -0.25) is 0 Å². The molecule has 0 aliphatic rings. The molecule has 0 fully saturated rings. The predicted molar refractivity (Wildman–Crippen MR) is 50.1 cm³/mol. The highest BCUT2D eigenvalue weighted by atomic mass is 35.5. The van der Waals surface area contributed by atoms with E-state index in [0.717, 1.165) is 38.0 Å². The Kier molecular flexibility index (Phi) is 8.56. The van der Waals surface area contributed by atoms with E-state index < -0.39 is 0 Å². The first-order valence-electron chi connectivity index (χ1n) is 4.35. The number of halogens is 1. The molecular weight excluding hydrogens is 178 g/mol. The Hall–Kier alpha value is -0.310. The van der Waals surface area contributed by atoms with Crippen molar-refractivity contribution >= 4 is 11.6 Å². The van der Waals surface area contributed by atoms with Gasteiger partial charge < -0.3 is 4.84 Å². The SMILES string of the molecule is CC(CCCCCCCl)ON=O.